The van der Waals surface area contributed by atoms with E-state index in [4.69, 9.17) is 33.5 Å². The molecule has 4 rings (SSSR count). The highest BCUT2D eigenvalue weighted by atomic mass is 35.5. The Kier molecular flexibility index (Phi) is 3.85. The van der Waals surface area contributed by atoms with Crippen molar-refractivity contribution in [3.05, 3.63) is 62.5 Å². The molecule has 0 aliphatic carbocycles. The molecule has 5 nitrogen and oxygen atoms in total. The normalized spacial score (nSPS) is 12.8. The van der Waals surface area contributed by atoms with Crippen LogP contribution in [0.1, 0.15) is 22.8 Å². The molecule has 0 spiro atoms. The van der Waals surface area contributed by atoms with Gasteiger partial charge in [0, 0.05) is 16.1 Å². The minimum absolute atomic E-state index is 0.170. The number of aliphatic imine (C=N–C) groups is 1. The highest BCUT2D eigenvalue weighted by Gasteiger charge is 2.26. The number of halogens is 2. The molecule has 0 amide bonds. The lowest BCUT2D eigenvalue weighted by Crippen LogP contribution is -2.06. The number of nitriles is 1. The van der Waals surface area contributed by atoms with Crippen LogP contribution in [0.3, 0.4) is 0 Å². The van der Waals surface area contributed by atoms with Crippen molar-refractivity contribution in [3.8, 4) is 11.1 Å². The molecular weight excluding hydrogens is 365 g/mol. The molecular formula is C16H9Cl2N5S. The van der Waals surface area contributed by atoms with Crippen LogP contribution in [0.5, 0.6) is 0 Å². The van der Waals surface area contributed by atoms with Crippen LogP contribution in [0.25, 0.3) is 5.00 Å². The lowest BCUT2D eigenvalue weighted by molar-refractivity contribution is 0.862. The summed E-state index contributed by atoms with van der Waals surface area (Å²) < 4.78 is 2.51. The van der Waals surface area contributed by atoms with Crippen LogP contribution in [0, 0.1) is 11.3 Å². The van der Waals surface area contributed by atoms with Crippen molar-refractivity contribution >= 4 is 40.3 Å². The molecule has 0 unspecified atom stereocenters. The number of nitrogens with zero attached hydrogens (tertiary/aromatic N) is 5. The first-order valence-electron chi connectivity index (χ1n) is 7.08. The second-order valence-electron chi connectivity index (χ2n) is 5.12. The van der Waals surface area contributed by atoms with Gasteiger partial charge in [-0.05, 0) is 12.1 Å². The topological polar surface area (TPSA) is 66.9 Å². The predicted molar refractivity (Wildman–Crippen MR) is 94.4 cm³/mol. The van der Waals surface area contributed by atoms with Crippen molar-refractivity contribution < 1.29 is 0 Å². The van der Waals surface area contributed by atoms with Gasteiger partial charge in [0.2, 0.25) is 0 Å². The van der Waals surface area contributed by atoms with Gasteiger partial charge in [-0.1, -0.05) is 41.4 Å². The predicted octanol–water partition coefficient (Wildman–Crippen LogP) is 4.05. The van der Waals surface area contributed by atoms with Gasteiger partial charge in [-0.25, -0.2) is 0 Å². The van der Waals surface area contributed by atoms with Crippen molar-refractivity contribution in [3.63, 3.8) is 0 Å². The van der Waals surface area contributed by atoms with E-state index < -0.39 is 0 Å². The Morgan fingerprint density at radius 2 is 2.04 bits per heavy atom. The molecule has 3 heterocycles. The Morgan fingerprint density at radius 1 is 1.21 bits per heavy atom. The average molecular weight is 374 g/mol. The van der Waals surface area contributed by atoms with E-state index in [1.165, 1.54) is 11.3 Å². The fourth-order valence-corrected chi connectivity index (χ4v) is 4.16. The van der Waals surface area contributed by atoms with Gasteiger partial charge >= 0.3 is 0 Å². The van der Waals surface area contributed by atoms with Crippen LogP contribution < -0.4 is 0 Å². The number of hydrogen-bond donors (Lipinski definition) is 0. The number of fused-ring (bicyclic) bond motifs is 3. The summed E-state index contributed by atoms with van der Waals surface area (Å²) in [5.41, 5.74) is 2.48. The van der Waals surface area contributed by atoms with Gasteiger partial charge in [0.25, 0.3) is 0 Å². The third-order valence-corrected chi connectivity index (χ3v) is 5.26. The van der Waals surface area contributed by atoms with E-state index in [1.54, 1.807) is 0 Å². The maximum absolute atomic E-state index is 9.03. The molecule has 8 heteroatoms. The van der Waals surface area contributed by atoms with Gasteiger partial charge < -0.3 is 0 Å². The molecule has 118 valence electrons. The van der Waals surface area contributed by atoms with Crippen LogP contribution >= 0.6 is 34.5 Å². The monoisotopic (exact) mass is 373 g/mol. The third-order valence-electron chi connectivity index (χ3n) is 3.68. The number of aromatic nitrogens is 3. The van der Waals surface area contributed by atoms with Gasteiger partial charge in [-0.2, -0.15) is 5.26 Å². The van der Waals surface area contributed by atoms with E-state index in [0.29, 0.717) is 27.6 Å². The van der Waals surface area contributed by atoms with Crippen LogP contribution in [0.4, 0.5) is 0 Å². The smallest absolute Gasteiger partial charge is 0.160 e. The summed E-state index contributed by atoms with van der Waals surface area (Å²) in [6.07, 6.45) is 0.170. The fourth-order valence-electron chi connectivity index (χ4n) is 2.68. The maximum atomic E-state index is 9.03. The molecule has 2 aromatic heterocycles. The summed E-state index contributed by atoms with van der Waals surface area (Å²) in [6, 6.07) is 11.6. The molecule has 0 saturated heterocycles. The van der Waals surface area contributed by atoms with E-state index in [9.17, 15) is 0 Å². The molecule has 0 fully saturated rings. The van der Waals surface area contributed by atoms with E-state index in [1.807, 2.05) is 34.9 Å². The number of hydrogen-bond acceptors (Lipinski definition) is 5. The van der Waals surface area contributed by atoms with Crippen LogP contribution in [0.15, 0.2) is 35.3 Å². The van der Waals surface area contributed by atoms with Crippen molar-refractivity contribution in [1.29, 1.82) is 5.26 Å². The van der Waals surface area contributed by atoms with Gasteiger partial charge in [0.15, 0.2) is 11.6 Å². The molecule has 0 bridgehead atoms. The van der Waals surface area contributed by atoms with Crippen molar-refractivity contribution in [2.45, 2.75) is 13.0 Å². The first-order valence-corrected chi connectivity index (χ1v) is 8.66. The second kappa shape index (κ2) is 6.02. The highest BCUT2D eigenvalue weighted by molar-refractivity contribution is 7.19. The lowest BCUT2D eigenvalue weighted by atomic mass is 10.0. The SMILES string of the molecule is N#CCc1nnc2n1-c1sc(Cl)cc1C(c1ccccc1Cl)=NC2. The molecule has 3 aromatic rings. The Morgan fingerprint density at radius 3 is 2.83 bits per heavy atom. The maximum Gasteiger partial charge on any atom is 0.160 e. The van der Waals surface area contributed by atoms with Crippen LogP contribution in [0.2, 0.25) is 9.36 Å². The Labute approximate surface area is 151 Å². The van der Waals surface area contributed by atoms with E-state index in [0.717, 1.165) is 21.8 Å². The second-order valence-corrected chi connectivity index (χ2v) is 7.19. The lowest BCUT2D eigenvalue weighted by Gasteiger charge is -2.08. The summed E-state index contributed by atoms with van der Waals surface area (Å²) in [5.74, 6) is 1.27. The van der Waals surface area contributed by atoms with E-state index in [2.05, 4.69) is 16.3 Å². The zero-order valence-corrected chi connectivity index (χ0v) is 14.5. The first-order chi connectivity index (χ1) is 11.7. The Balaban J connectivity index is 1.96. The molecule has 1 aromatic carbocycles. The summed E-state index contributed by atoms with van der Waals surface area (Å²) in [5, 5.41) is 18.8. The Hall–Kier alpha value is -2.20. The summed E-state index contributed by atoms with van der Waals surface area (Å²) in [4.78, 5) is 4.70. The molecule has 0 atom stereocenters. The van der Waals surface area contributed by atoms with Gasteiger partial charge in [0.05, 0.1) is 22.5 Å². The van der Waals surface area contributed by atoms with Gasteiger partial charge in [0.1, 0.15) is 11.5 Å². The third kappa shape index (κ3) is 2.42. The van der Waals surface area contributed by atoms with Crippen molar-refractivity contribution in [1.82, 2.24) is 14.8 Å². The molecule has 0 radical (unpaired) electrons. The highest BCUT2D eigenvalue weighted by Crippen LogP contribution is 2.36. The minimum Gasteiger partial charge on any atom is -0.276 e. The molecule has 0 N–H and O–H groups in total. The number of rotatable bonds is 2. The van der Waals surface area contributed by atoms with Crippen LogP contribution in [-0.2, 0) is 13.0 Å². The van der Waals surface area contributed by atoms with Gasteiger partial charge in [-0.3, -0.25) is 9.56 Å². The fraction of sp³-hybridized carbons (Fsp3) is 0.125. The van der Waals surface area contributed by atoms with Gasteiger partial charge in [-0.15, -0.1) is 21.5 Å². The van der Waals surface area contributed by atoms with E-state index in [-0.39, 0.29) is 6.42 Å². The summed E-state index contributed by atoms with van der Waals surface area (Å²) in [7, 11) is 0. The number of benzene rings is 1. The molecule has 1 aliphatic heterocycles. The molecule has 24 heavy (non-hydrogen) atoms. The molecule has 1 aliphatic rings. The quantitative estimate of drug-likeness (QED) is 0.680. The van der Waals surface area contributed by atoms with E-state index >= 15 is 0 Å². The molecule has 0 saturated carbocycles. The largest absolute Gasteiger partial charge is 0.276 e. The zero-order valence-electron chi connectivity index (χ0n) is 12.2. The average Bonchev–Trinajstić information content (AvgIpc) is 3.09. The number of thiophene rings is 1. The minimum atomic E-state index is 0.170. The van der Waals surface area contributed by atoms with Crippen molar-refractivity contribution in [2.75, 3.05) is 0 Å². The zero-order chi connectivity index (χ0) is 16.7. The first kappa shape index (κ1) is 15.3. The summed E-state index contributed by atoms with van der Waals surface area (Å²) >= 11 is 14.0. The summed E-state index contributed by atoms with van der Waals surface area (Å²) in [6.45, 7) is 0.359. The standard InChI is InChI=1S/C16H9Cl2N5S/c17-11-4-2-1-3-9(11)15-10-7-12(18)24-16(10)23-13(5-6-19)21-22-14(23)8-20-15/h1-4,7H,5,8H2. The Bertz CT molecular complexity index is 1010. The van der Waals surface area contributed by atoms with Crippen molar-refractivity contribution in [2.24, 2.45) is 4.99 Å². The van der Waals surface area contributed by atoms with Crippen LogP contribution in [-0.4, -0.2) is 20.5 Å².